The maximum atomic E-state index is 14.2. The van der Waals surface area contributed by atoms with E-state index in [0.717, 1.165) is 21.9 Å². The van der Waals surface area contributed by atoms with Gasteiger partial charge in [0.2, 0.25) is 0 Å². The zero-order chi connectivity index (χ0) is 28.5. The van der Waals surface area contributed by atoms with E-state index >= 15 is 0 Å². The zero-order valence-electron chi connectivity index (χ0n) is 22.4. The van der Waals surface area contributed by atoms with Crippen molar-refractivity contribution < 1.29 is 19.4 Å². The van der Waals surface area contributed by atoms with Crippen LogP contribution in [-0.2, 0) is 9.53 Å². The van der Waals surface area contributed by atoms with Gasteiger partial charge < -0.3 is 14.6 Å². The predicted molar refractivity (Wildman–Crippen MR) is 160 cm³/mol. The standard InChI is InChI=1S/C33H26N2O5S/c1-3-40-32(38)28-29(22-10-5-4-6-11-22)34-33-35(31(37)26(41-33)19-20-13-16-23(36)17-14-20)30(28)27-24-12-8-7-9-21(24)15-18-25(27)39-2/h4-19,30,36H,3H2,1-2H3/b26-19-. The summed E-state index contributed by atoms with van der Waals surface area (Å²) in [5.74, 6) is 0.124. The van der Waals surface area contributed by atoms with E-state index in [1.807, 2.05) is 66.7 Å². The molecule has 4 aromatic carbocycles. The Morgan fingerprint density at radius 2 is 1.73 bits per heavy atom. The van der Waals surface area contributed by atoms with E-state index in [-0.39, 0.29) is 23.5 Å². The predicted octanol–water partition coefficient (Wildman–Crippen LogP) is 4.80. The van der Waals surface area contributed by atoms with Gasteiger partial charge in [-0.2, -0.15) is 0 Å². The number of aromatic nitrogens is 1. The Morgan fingerprint density at radius 3 is 2.46 bits per heavy atom. The summed E-state index contributed by atoms with van der Waals surface area (Å²) in [6.45, 7) is 1.91. The molecule has 5 aromatic rings. The van der Waals surface area contributed by atoms with Gasteiger partial charge >= 0.3 is 5.97 Å². The molecule has 1 unspecified atom stereocenters. The third-order valence-electron chi connectivity index (χ3n) is 6.99. The molecule has 1 aliphatic rings. The summed E-state index contributed by atoms with van der Waals surface area (Å²) < 4.78 is 13.5. The number of carbonyl (C=O) groups is 1. The zero-order valence-corrected chi connectivity index (χ0v) is 23.2. The minimum absolute atomic E-state index is 0.137. The third kappa shape index (κ3) is 4.72. The van der Waals surface area contributed by atoms with E-state index in [2.05, 4.69) is 0 Å². The highest BCUT2D eigenvalue weighted by Crippen LogP contribution is 2.42. The number of hydrogen-bond acceptors (Lipinski definition) is 7. The van der Waals surface area contributed by atoms with Gasteiger partial charge in [-0.25, -0.2) is 9.79 Å². The van der Waals surface area contributed by atoms with Gasteiger partial charge in [0.15, 0.2) is 4.80 Å². The number of aromatic hydroxyl groups is 1. The fraction of sp³-hybridized carbons (Fsp3) is 0.121. The lowest BCUT2D eigenvalue weighted by molar-refractivity contribution is -0.138. The van der Waals surface area contributed by atoms with Crippen LogP contribution in [0.3, 0.4) is 0 Å². The smallest absolute Gasteiger partial charge is 0.338 e. The highest BCUT2D eigenvalue weighted by molar-refractivity contribution is 7.07. The summed E-state index contributed by atoms with van der Waals surface area (Å²) >= 11 is 1.24. The van der Waals surface area contributed by atoms with Gasteiger partial charge in [-0.1, -0.05) is 84.1 Å². The van der Waals surface area contributed by atoms with Crippen molar-refractivity contribution in [1.29, 1.82) is 0 Å². The number of carbonyl (C=O) groups excluding carboxylic acids is 1. The average molecular weight is 563 g/mol. The number of fused-ring (bicyclic) bond motifs is 2. The molecule has 0 aliphatic carbocycles. The molecule has 1 atom stereocenters. The maximum Gasteiger partial charge on any atom is 0.338 e. The molecular formula is C33H26N2O5S. The first-order valence-corrected chi connectivity index (χ1v) is 13.9. The molecule has 0 bridgehead atoms. The van der Waals surface area contributed by atoms with Gasteiger partial charge in [0.1, 0.15) is 17.5 Å². The van der Waals surface area contributed by atoms with Crippen molar-refractivity contribution in [2.45, 2.75) is 13.0 Å². The van der Waals surface area contributed by atoms with Crippen LogP contribution in [-0.4, -0.2) is 29.4 Å². The second-order valence-electron chi connectivity index (χ2n) is 9.43. The van der Waals surface area contributed by atoms with Crippen molar-refractivity contribution in [3.63, 3.8) is 0 Å². The van der Waals surface area contributed by atoms with Crippen molar-refractivity contribution in [2.75, 3.05) is 13.7 Å². The second-order valence-corrected chi connectivity index (χ2v) is 10.4. The topological polar surface area (TPSA) is 90.1 Å². The molecule has 1 aromatic heterocycles. The van der Waals surface area contributed by atoms with Crippen LogP contribution in [0.25, 0.3) is 22.5 Å². The first-order chi connectivity index (χ1) is 20.0. The number of ether oxygens (including phenoxy) is 2. The number of esters is 1. The molecular weight excluding hydrogens is 536 g/mol. The first kappa shape index (κ1) is 26.3. The van der Waals surface area contributed by atoms with E-state index < -0.39 is 12.0 Å². The quantitative estimate of drug-likeness (QED) is 0.300. The van der Waals surface area contributed by atoms with E-state index in [4.69, 9.17) is 14.5 Å². The van der Waals surface area contributed by atoms with Gasteiger partial charge in [0, 0.05) is 11.1 Å². The molecule has 0 spiro atoms. The lowest BCUT2D eigenvalue weighted by Crippen LogP contribution is -2.40. The molecule has 0 radical (unpaired) electrons. The van der Waals surface area contributed by atoms with E-state index in [1.54, 1.807) is 48.9 Å². The maximum absolute atomic E-state index is 14.2. The van der Waals surface area contributed by atoms with Crippen molar-refractivity contribution in [2.24, 2.45) is 4.99 Å². The highest BCUT2D eigenvalue weighted by Gasteiger charge is 2.37. The van der Waals surface area contributed by atoms with Crippen molar-refractivity contribution in [3.8, 4) is 11.5 Å². The summed E-state index contributed by atoms with van der Waals surface area (Å²) in [6.07, 6.45) is 1.76. The summed E-state index contributed by atoms with van der Waals surface area (Å²) in [4.78, 5) is 33.4. The van der Waals surface area contributed by atoms with Crippen LogP contribution < -0.4 is 19.6 Å². The van der Waals surface area contributed by atoms with Crippen molar-refractivity contribution in [3.05, 3.63) is 133 Å². The lowest BCUT2D eigenvalue weighted by atomic mass is 9.89. The van der Waals surface area contributed by atoms with Crippen molar-refractivity contribution in [1.82, 2.24) is 4.57 Å². The second kappa shape index (κ2) is 10.9. The van der Waals surface area contributed by atoms with Crippen LogP contribution in [0.15, 0.2) is 106 Å². The fourth-order valence-electron chi connectivity index (χ4n) is 5.17. The van der Waals surface area contributed by atoms with Gasteiger partial charge in [0.25, 0.3) is 5.56 Å². The monoisotopic (exact) mass is 562 g/mol. The number of phenolic OH excluding ortho intramolecular Hbond substituents is 1. The van der Waals surface area contributed by atoms with Crippen LogP contribution >= 0.6 is 11.3 Å². The van der Waals surface area contributed by atoms with Gasteiger partial charge in [0.05, 0.1) is 29.5 Å². The number of phenols is 1. The Morgan fingerprint density at radius 1 is 1.00 bits per heavy atom. The summed E-state index contributed by atoms with van der Waals surface area (Å²) in [6, 6.07) is 26.8. The molecule has 0 fully saturated rings. The molecule has 1 aliphatic heterocycles. The Balaban J connectivity index is 1.75. The fourth-order valence-corrected chi connectivity index (χ4v) is 6.17. The lowest BCUT2D eigenvalue weighted by Gasteiger charge is -2.28. The average Bonchev–Trinajstić information content (AvgIpc) is 3.31. The summed E-state index contributed by atoms with van der Waals surface area (Å²) in [7, 11) is 1.58. The van der Waals surface area contributed by atoms with Gasteiger partial charge in [-0.05, 0) is 47.5 Å². The van der Waals surface area contributed by atoms with Crippen LogP contribution in [0, 0.1) is 0 Å². The minimum atomic E-state index is -0.872. The van der Waals surface area contributed by atoms with Crippen molar-refractivity contribution >= 4 is 39.9 Å². The molecule has 0 amide bonds. The number of nitrogens with zero attached hydrogens (tertiary/aromatic N) is 2. The Kier molecular flexibility index (Phi) is 6.99. The summed E-state index contributed by atoms with van der Waals surface area (Å²) in [5, 5.41) is 11.5. The van der Waals surface area contributed by atoms with Crippen LogP contribution in [0.4, 0.5) is 0 Å². The van der Waals surface area contributed by atoms with E-state index in [0.29, 0.717) is 26.3 Å². The first-order valence-electron chi connectivity index (χ1n) is 13.1. The summed E-state index contributed by atoms with van der Waals surface area (Å²) in [5.41, 5.74) is 2.57. The Bertz CT molecular complexity index is 1990. The molecule has 0 saturated carbocycles. The van der Waals surface area contributed by atoms with E-state index in [9.17, 15) is 14.7 Å². The molecule has 204 valence electrons. The number of rotatable bonds is 6. The van der Waals surface area contributed by atoms with E-state index in [1.165, 1.54) is 11.3 Å². The number of benzene rings is 4. The van der Waals surface area contributed by atoms with Crippen LogP contribution in [0.2, 0.25) is 0 Å². The molecule has 7 nitrogen and oxygen atoms in total. The van der Waals surface area contributed by atoms with Gasteiger partial charge in [-0.3, -0.25) is 9.36 Å². The largest absolute Gasteiger partial charge is 0.508 e. The van der Waals surface area contributed by atoms with Crippen LogP contribution in [0.1, 0.15) is 29.7 Å². The van der Waals surface area contributed by atoms with Gasteiger partial charge in [-0.15, -0.1) is 0 Å². The molecule has 41 heavy (non-hydrogen) atoms. The van der Waals surface area contributed by atoms with Crippen LogP contribution in [0.5, 0.6) is 11.5 Å². The third-order valence-corrected chi connectivity index (χ3v) is 7.97. The molecule has 2 heterocycles. The molecule has 0 saturated heterocycles. The minimum Gasteiger partial charge on any atom is -0.508 e. The molecule has 6 rings (SSSR count). The highest BCUT2D eigenvalue weighted by atomic mass is 32.1. The Labute approximate surface area is 239 Å². The number of methoxy groups -OCH3 is 1. The molecule has 8 heteroatoms. The SMILES string of the molecule is CCOC(=O)C1=C(c2ccccc2)N=c2s/c(=C\c3ccc(O)cc3)c(=O)n2C1c1c(OC)ccc2ccccc12. The Hall–Kier alpha value is -4.95. The normalized spacial score (nSPS) is 15.0. The molecule has 1 N–H and O–H groups in total. The number of thiazole rings is 1. The number of hydrogen-bond donors (Lipinski definition) is 1.